The molecule has 0 saturated carbocycles. The largest absolute Gasteiger partial charge is 0.452 e. The first kappa shape index (κ1) is 15.5. The second-order valence-electron chi connectivity index (χ2n) is 4.05. The third kappa shape index (κ3) is 3.43. The zero-order chi connectivity index (χ0) is 15.8. The fourth-order valence-corrected chi connectivity index (χ4v) is 1.97. The van der Waals surface area contributed by atoms with E-state index in [0.29, 0.717) is 4.57 Å². The average molecular weight is 327 g/mol. The third-order valence-electron chi connectivity index (χ3n) is 2.44. The lowest BCUT2D eigenvalue weighted by molar-refractivity contribution is -0.151. The van der Waals surface area contributed by atoms with Crippen LogP contribution < -0.4 is 0 Å². The summed E-state index contributed by atoms with van der Waals surface area (Å²) < 4.78 is 75.8. The number of halogens is 6. The zero-order valence-corrected chi connectivity index (χ0v) is 10.9. The van der Waals surface area contributed by atoms with Crippen molar-refractivity contribution in [1.29, 1.82) is 0 Å². The predicted octanol–water partition coefficient (Wildman–Crippen LogP) is 3.98. The fourth-order valence-electron chi connectivity index (χ4n) is 1.67. The lowest BCUT2D eigenvalue weighted by Gasteiger charge is -2.08. The van der Waals surface area contributed by atoms with Crippen molar-refractivity contribution >= 4 is 12.2 Å². The van der Waals surface area contributed by atoms with E-state index in [4.69, 9.17) is 12.2 Å². The van der Waals surface area contributed by atoms with Gasteiger partial charge in [0, 0.05) is 5.69 Å². The van der Waals surface area contributed by atoms with Crippen molar-refractivity contribution in [3.05, 3.63) is 40.9 Å². The maximum atomic E-state index is 12.9. The molecule has 2 rings (SSSR count). The molecule has 21 heavy (non-hydrogen) atoms. The van der Waals surface area contributed by atoms with E-state index in [-0.39, 0.29) is 10.4 Å². The molecule has 0 radical (unpaired) electrons. The summed E-state index contributed by atoms with van der Waals surface area (Å²) in [7, 11) is 0. The van der Waals surface area contributed by atoms with Gasteiger partial charge in [0.15, 0.2) is 0 Å². The van der Waals surface area contributed by atoms with Gasteiger partial charge in [0.05, 0.1) is 0 Å². The standard InChI is InChI=1S/C11H7F6N3S/c12-10(13,14)6-19-9(21)20(7-4-2-1-3-5-7)8(18-19)11(15,16)17/h1-5H,6H2. The van der Waals surface area contributed by atoms with Crippen LogP contribution in [0.3, 0.4) is 0 Å². The van der Waals surface area contributed by atoms with Crippen molar-refractivity contribution < 1.29 is 26.3 Å². The molecule has 114 valence electrons. The van der Waals surface area contributed by atoms with Crippen molar-refractivity contribution in [2.45, 2.75) is 18.9 Å². The van der Waals surface area contributed by atoms with Crippen LogP contribution in [0.4, 0.5) is 26.3 Å². The van der Waals surface area contributed by atoms with Crippen LogP contribution in [0.15, 0.2) is 30.3 Å². The molecule has 0 N–H and O–H groups in total. The van der Waals surface area contributed by atoms with Gasteiger partial charge in [-0.15, -0.1) is 5.10 Å². The normalized spacial score (nSPS) is 12.7. The Morgan fingerprint density at radius 3 is 2.05 bits per heavy atom. The number of alkyl halides is 6. The number of nitrogens with zero attached hydrogens (tertiary/aromatic N) is 3. The van der Waals surface area contributed by atoms with Gasteiger partial charge in [-0.3, -0.25) is 4.57 Å². The van der Waals surface area contributed by atoms with Crippen LogP contribution in [-0.2, 0) is 12.7 Å². The molecule has 3 nitrogen and oxygen atoms in total. The third-order valence-corrected chi connectivity index (χ3v) is 2.83. The molecule has 10 heteroatoms. The Hall–Kier alpha value is -1.84. The molecule has 0 spiro atoms. The molecule has 0 fully saturated rings. The van der Waals surface area contributed by atoms with E-state index in [1.54, 1.807) is 6.07 Å². The molecule has 1 aromatic carbocycles. The van der Waals surface area contributed by atoms with Crippen molar-refractivity contribution in [3.63, 3.8) is 0 Å². The number of para-hydroxylation sites is 1. The number of aromatic nitrogens is 3. The minimum Gasteiger partial charge on any atom is -0.264 e. The number of hydrogen-bond acceptors (Lipinski definition) is 2. The molecule has 0 aliphatic heterocycles. The average Bonchev–Trinajstić information content (AvgIpc) is 2.66. The van der Waals surface area contributed by atoms with E-state index in [9.17, 15) is 26.3 Å². The van der Waals surface area contributed by atoms with Gasteiger partial charge in [-0.2, -0.15) is 26.3 Å². The molecule has 0 saturated heterocycles. The van der Waals surface area contributed by atoms with Gasteiger partial charge >= 0.3 is 12.4 Å². The fraction of sp³-hybridized carbons (Fsp3) is 0.273. The Morgan fingerprint density at radius 1 is 1.00 bits per heavy atom. The quantitative estimate of drug-likeness (QED) is 0.615. The Kier molecular flexibility index (Phi) is 3.83. The lowest BCUT2D eigenvalue weighted by atomic mass is 10.3. The van der Waals surface area contributed by atoms with Crippen molar-refractivity contribution in [1.82, 2.24) is 14.3 Å². The van der Waals surface area contributed by atoms with E-state index >= 15 is 0 Å². The molecule has 0 unspecified atom stereocenters. The first-order valence-electron chi connectivity index (χ1n) is 5.49. The molecular formula is C11H7F6N3S. The van der Waals surface area contributed by atoms with E-state index in [1.807, 2.05) is 0 Å². The Balaban J connectivity index is 2.66. The topological polar surface area (TPSA) is 22.8 Å². The molecule has 0 atom stereocenters. The van der Waals surface area contributed by atoms with Crippen LogP contribution >= 0.6 is 12.2 Å². The van der Waals surface area contributed by atoms with Crippen LogP contribution in [0.1, 0.15) is 5.82 Å². The van der Waals surface area contributed by atoms with Gasteiger partial charge in [0.1, 0.15) is 6.54 Å². The summed E-state index contributed by atoms with van der Waals surface area (Å²) in [6.07, 6.45) is -9.66. The van der Waals surface area contributed by atoms with Crippen molar-refractivity contribution in [2.24, 2.45) is 0 Å². The van der Waals surface area contributed by atoms with E-state index in [1.165, 1.54) is 24.3 Å². The SMILES string of the molecule is FC(F)(F)Cn1nc(C(F)(F)F)n(-c2ccccc2)c1=S. The number of hydrogen-bond donors (Lipinski definition) is 0. The Morgan fingerprint density at radius 2 is 1.57 bits per heavy atom. The highest BCUT2D eigenvalue weighted by Gasteiger charge is 2.40. The number of rotatable bonds is 2. The molecular weight excluding hydrogens is 320 g/mol. The summed E-state index contributed by atoms with van der Waals surface area (Å²) in [4.78, 5) is 0. The first-order chi connectivity index (χ1) is 9.59. The van der Waals surface area contributed by atoms with Crippen LogP contribution in [-0.4, -0.2) is 20.5 Å². The number of benzene rings is 1. The summed E-state index contributed by atoms with van der Waals surface area (Å²) in [5.74, 6) is -1.50. The van der Waals surface area contributed by atoms with E-state index in [2.05, 4.69) is 5.10 Å². The monoisotopic (exact) mass is 327 g/mol. The summed E-state index contributed by atoms with van der Waals surface area (Å²) in [5.41, 5.74) is -0.0109. The van der Waals surface area contributed by atoms with Gasteiger partial charge < -0.3 is 0 Å². The molecule has 0 bridgehead atoms. The van der Waals surface area contributed by atoms with Gasteiger partial charge in [0.25, 0.3) is 0 Å². The smallest absolute Gasteiger partial charge is 0.264 e. The summed E-state index contributed by atoms with van der Waals surface area (Å²) in [6, 6.07) is 7.03. The highest BCUT2D eigenvalue weighted by molar-refractivity contribution is 7.71. The molecule has 0 aliphatic carbocycles. The second kappa shape index (κ2) is 5.17. The molecule has 1 aromatic heterocycles. The maximum Gasteiger partial charge on any atom is 0.452 e. The summed E-state index contributed by atoms with van der Waals surface area (Å²) in [5, 5.41) is 2.97. The van der Waals surface area contributed by atoms with Gasteiger partial charge in [-0.25, -0.2) is 4.68 Å². The highest BCUT2D eigenvalue weighted by atomic mass is 32.1. The lowest BCUT2D eigenvalue weighted by Crippen LogP contribution is -2.19. The van der Waals surface area contributed by atoms with Crippen LogP contribution in [0.5, 0.6) is 0 Å². The first-order valence-corrected chi connectivity index (χ1v) is 5.89. The van der Waals surface area contributed by atoms with E-state index < -0.39 is 29.5 Å². The Bertz CT molecular complexity index is 683. The summed E-state index contributed by atoms with van der Waals surface area (Å²) >= 11 is 4.70. The van der Waals surface area contributed by atoms with Crippen molar-refractivity contribution in [3.8, 4) is 5.69 Å². The van der Waals surface area contributed by atoms with Gasteiger partial charge in [0.2, 0.25) is 10.6 Å². The zero-order valence-electron chi connectivity index (χ0n) is 10.1. The van der Waals surface area contributed by atoms with Gasteiger partial charge in [-0.1, -0.05) is 18.2 Å². The molecule has 1 heterocycles. The van der Waals surface area contributed by atoms with Gasteiger partial charge in [-0.05, 0) is 24.4 Å². The Labute approximate surface area is 119 Å². The minimum atomic E-state index is -4.93. The second-order valence-corrected chi connectivity index (χ2v) is 4.41. The highest BCUT2D eigenvalue weighted by Crippen LogP contribution is 2.31. The van der Waals surface area contributed by atoms with Crippen molar-refractivity contribution in [2.75, 3.05) is 0 Å². The van der Waals surface area contributed by atoms with Crippen LogP contribution in [0.25, 0.3) is 5.69 Å². The molecule has 0 amide bonds. The van der Waals surface area contributed by atoms with E-state index in [0.717, 1.165) is 0 Å². The van der Waals surface area contributed by atoms with Crippen LogP contribution in [0, 0.1) is 4.77 Å². The predicted molar refractivity (Wildman–Crippen MR) is 63.4 cm³/mol. The molecule has 0 aliphatic rings. The van der Waals surface area contributed by atoms with Crippen LogP contribution in [0.2, 0.25) is 0 Å². The summed E-state index contributed by atoms with van der Waals surface area (Å²) in [6.45, 7) is -1.69. The molecule has 2 aromatic rings. The minimum absolute atomic E-state index is 0.0109. The maximum absolute atomic E-state index is 12.9.